The molecule has 4 heteroatoms. The summed E-state index contributed by atoms with van der Waals surface area (Å²) < 4.78 is 0. The Morgan fingerprint density at radius 2 is 1.87 bits per heavy atom. The normalized spacial score (nSPS) is 24.0. The van der Waals surface area contributed by atoms with Crippen LogP contribution in [0.2, 0.25) is 0 Å². The zero-order valence-corrected chi connectivity index (χ0v) is 9.56. The summed E-state index contributed by atoms with van der Waals surface area (Å²) in [5.41, 5.74) is 0. The second kappa shape index (κ2) is 4.64. The molecule has 1 aliphatic carbocycles. The van der Waals surface area contributed by atoms with Gasteiger partial charge in [0.15, 0.2) is 0 Å². The Balaban J connectivity index is 2.51. The molecule has 4 nitrogen and oxygen atoms in total. The lowest BCUT2D eigenvalue weighted by molar-refractivity contribution is -0.142. The summed E-state index contributed by atoms with van der Waals surface area (Å²) in [4.78, 5) is 24.2. The molecule has 1 N–H and O–H groups in total. The van der Waals surface area contributed by atoms with Gasteiger partial charge >= 0.3 is 5.97 Å². The fraction of sp³-hybridized carbons (Fsp3) is 0.818. The Morgan fingerprint density at radius 1 is 1.33 bits per heavy atom. The van der Waals surface area contributed by atoms with E-state index < -0.39 is 11.9 Å². The van der Waals surface area contributed by atoms with E-state index in [9.17, 15) is 9.59 Å². The molecule has 0 aromatic rings. The zero-order chi connectivity index (χ0) is 11.6. The average Bonchev–Trinajstić information content (AvgIpc) is 2.97. The van der Waals surface area contributed by atoms with Crippen molar-refractivity contribution < 1.29 is 14.7 Å². The van der Waals surface area contributed by atoms with Gasteiger partial charge in [0.25, 0.3) is 0 Å². The summed E-state index contributed by atoms with van der Waals surface area (Å²) in [5, 5.41) is 8.74. The number of hydrogen-bond acceptors (Lipinski definition) is 2. The number of aliphatic carboxylic acids is 1. The molecule has 0 aromatic heterocycles. The number of carboxylic acids is 1. The van der Waals surface area contributed by atoms with Crippen molar-refractivity contribution in [3.8, 4) is 0 Å². The van der Waals surface area contributed by atoms with Crippen LogP contribution in [0.1, 0.15) is 33.1 Å². The highest BCUT2D eigenvalue weighted by atomic mass is 16.4. The van der Waals surface area contributed by atoms with E-state index in [0.717, 1.165) is 12.8 Å². The topological polar surface area (TPSA) is 57.6 Å². The third-order valence-electron chi connectivity index (χ3n) is 3.26. The molecule has 1 amide bonds. The smallest absolute Gasteiger partial charge is 0.307 e. The zero-order valence-electron chi connectivity index (χ0n) is 9.56. The summed E-state index contributed by atoms with van der Waals surface area (Å²) in [7, 11) is 1.78. The lowest BCUT2D eigenvalue weighted by Gasteiger charge is -2.26. The molecule has 0 aliphatic heterocycles. The fourth-order valence-corrected chi connectivity index (χ4v) is 2.02. The molecular formula is C11H19NO3. The number of carboxylic acid groups (broad SMARTS) is 1. The number of rotatable bonds is 5. The SMILES string of the molecule is CCC(CC)N(C)C(=O)[C@@H]1C[C@@H]1C(=O)O. The first-order valence-electron chi connectivity index (χ1n) is 5.52. The first-order valence-corrected chi connectivity index (χ1v) is 5.52. The molecule has 1 saturated carbocycles. The van der Waals surface area contributed by atoms with Crippen LogP contribution < -0.4 is 0 Å². The highest BCUT2D eigenvalue weighted by Crippen LogP contribution is 2.40. The van der Waals surface area contributed by atoms with Gasteiger partial charge in [-0.2, -0.15) is 0 Å². The maximum absolute atomic E-state index is 11.8. The number of hydrogen-bond donors (Lipinski definition) is 1. The number of carbonyl (C=O) groups excluding carboxylic acids is 1. The maximum atomic E-state index is 11.8. The highest BCUT2D eigenvalue weighted by Gasteiger charge is 2.49. The molecule has 15 heavy (non-hydrogen) atoms. The van der Waals surface area contributed by atoms with Crippen LogP contribution in [0, 0.1) is 11.8 Å². The number of nitrogens with zero attached hydrogens (tertiary/aromatic N) is 1. The summed E-state index contributed by atoms with van der Waals surface area (Å²) in [6.45, 7) is 4.08. The van der Waals surface area contributed by atoms with Crippen molar-refractivity contribution in [2.24, 2.45) is 11.8 Å². The van der Waals surface area contributed by atoms with Crippen molar-refractivity contribution in [1.29, 1.82) is 0 Å². The minimum atomic E-state index is -0.841. The Kier molecular flexibility index (Phi) is 3.72. The summed E-state index contributed by atoms with van der Waals surface area (Å²) in [6, 6.07) is 0.243. The van der Waals surface area contributed by atoms with Gasteiger partial charge in [-0.25, -0.2) is 0 Å². The largest absolute Gasteiger partial charge is 0.481 e. The molecule has 0 radical (unpaired) electrons. The monoisotopic (exact) mass is 213 g/mol. The molecule has 0 unspecified atom stereocenters. The van der Waals surface area contributed by atoms with Gasteiger partial charge in [-0.05, 0) is 19.3 Å². The van der Waals surface area contributed by atoms with Gasteiger partial charge < -0.3 is 10.0 Å². The van der Waals surface area contributed by atoms with Crippen LogP contribution in [0.15, 0.2) is 0 Å². The van der Waals surface area contributed by atoms with E-state index in [4.69, 9.17) is 5.11 Å². The Morgan fingerprint density at radius 3 is 2.20 bits per heavy atom. The summed E-state index contributed by atoms with van der Waals surface area (Å²) >= 11 is 0. The Hall–Kier alpha value is -1.06. The van der Waals surface area contributed by atoms with Crippen molar-refractivity contribution in [3.05, 3.63) is 0 Å². The molecular weight excluding hydrogens is 194 g/mol. The minimum Gasteiger partial charge on any atom is -0.481 e. The third-order valence-corrected chi connectivity index (χ3v) is 3.26. The van der Waals surface area contributed by atoms with Crippen molar-refractivity contribution in [2.75, 3.05) is 7.05 Å². The van der Waals surface area contributed by atoms with Crippen LogP contribution in [0.5, 0.6) is 0 Å². The lowest BCUT2D eigenvalue weighted by Crippen LogP contribution is -2.37. The predicted molar refractivity (Wildman–Crippen MR) is 56.4 cm³/mol. The van der Waals surface area contributed by atoms with E-state index in [0.29, 0.717) is 6.42 Å². The fourth-order valence-electron chi connectivity index (χ4n) is 2.02. The van der Waals surface area contributed by atoms with Crippen LogP contribution in [0.25, 0.3) is 0 Å². The second-order valence-corrected chi connectivity index (χ2v) is 4.21. The first kappa shape index (κ1) is 12.0. The molecule has 1 fully saturated rings. The van der Waals surface area contributed by atoms with Gasteiger partial charge in [0, 0.05) is 13.1 Å². The van der Waals surface area contributed by atoms with Gasteiger partial charge in [0.2, 0.25) is 5.91 Å². The van der Waals surface area contributed by atoms with Crippen molar-refractivity contribution in [3.63, 3.8) is 0 Å². The van der Waals surface area contributed by atoms with Crippen LogP contribution >= 0.6 is 0 Å². The van der Waals surface area contributed by atoms with Gasteiger partial charge in [-0.1, -0.05) is 13.8 Å². The Labute approximate surface area is 90.3 Å². The van der Waals surface area contributed by atoms with Crippen LogP contribution in [-0.2, 0) is 9.59 Å². The maximum Gasteiger partial charge on any atom is 0.307 e. The van der Waals surface area contributed by atoms with Crippen LogP contribution in [0.3, 0.4) is 0 Å². The minimum absolute atomic E-state index is 0.00361. The van der Waals surface area contributed by atoms with E-state index in [1.807, 2.05) is 13.8 Å². The molecule has 0 aromatic carbocycles. The quantitative estimate of drug-likeness (QED) is 0.750. The predicted octanol–water partition coefficient (Wildman–Crippen LogP) is 1.35. The molecule has 0 bridgehead atoms. The van der Waals surface area contributed by atoms with Gasteiger partial charge in [0.1, 0.15) is 0 Å². The number of carbonyl (C=O) groups is 2. The molecule has 86 valence electrons. The van der Waals surface area contributed by atoms with E-state index in [1.54, 1.807) is 11.9 Å². The lowest BCUT2D eigenvalue weighted by atomic mass is 10.1. The molecule has 0 saturated heterocycles. The van der Waals surface area contributed by atoms with E-state index in [1.165, 1.54) is 0 Å². The van der Waals surface area contributed by atoms with Crippen LogP contribution in [-0.4, -0.2) is 35.0 Å². The third kappa shape index (κ3) is 2.49. The van der Waals surface area contributed by atoms with Gasteiger partial charge in [0.05, 0.1) is 11.8 Å². The van der Waals surface area contributed by atoms with E-state index >= 15 is 0 Å². The van der Waals surface area contributed by atoms with E-state index in [2.05, 4.69) is 0 Å². The van der Waals surface area contributed by atoms with E-state index in [-0.39, 0.29) is 17.9 Å². The van der Waals surface area contributed by atoms with Crippen LogP contribution in [0.4, 0.5) is 0 Å². The first-order chi connectivity index (χ1) is 7.02. The molecule has 0 spiro atoms. The number of amides is 1. The molecule has 0 heterocycles. The standard InChI is InChI=1S/C11H19NO3/c1-4-7(5-2)12(3)10(13)8-6-9(8)11(14)15/h7-9H,4-6H2,1-3H3,(H,14,15)/t8-,9+/m1/s1. The average molecular weight is 213 g/mol. The summed E-state index contributed by atoms with van der Waals surface area (Å²) in [5.74, 6) is -1.55. The Bertz CT molecular complexity index is 261. The van der Waals surface area contributed by atoms with Crippen molar-refractivity contribution in [1.82, 2.24) is 4.90 Å². The van der Waals surface area contributed by atoms with Crippen molar-refractivity contribution in [2.45, 2.75) is 39.2 Å². The highest BCUT2D eigenvalue weighted by molar-refractivity contribution is 5.89. The van der Waals surface area contributed by atoms with Gasteiger partial charge in [-0.3, -0.25) is 9.59 Å². The molecule has 1 rings (SSSR count). The second-order valence-electron chi connectivity index (χ2n) is 4.21. The van der Waals surface area contributed by atoms with Crippen molar-refractivity contribution >= 4 is 11.9 Å². The molecule has 2 atom stereocenters. The molecule has 1 aliphatic rings. The summed E-state index contributed by atoms with van der Waals surface area (Å²) in [6.07, 6.45) is 2.35. The van der Waals surface area contributed by atoms with Gasteiger partial charge in [-0.15, -0.1) is 0 Å².